The summed E-state index contributed by atoms with van der Waals surface area (Å²) in [6.07, 6.45) is 0. The van der Waals surface area contributed by atoms with Gasteiger partial charge in [0.2, 0.25) is 0 Å². The number of halogens is 2. The molecule has 1 nitrogen and oxygen atoms in total. The van der Waals surface area contributed by atoms with Gasteiger partial charge in [-0.1, -0.05) is 98.6 Å². The van der Waals surface area contributed by atoms with Crippen molar-refractivity contribution in [2.24, 2.45) is 0 Å². The number of nitrogens with one attached hydrogen (secondary N) is 1. The lowest BCUT2D eigenvalue weighted by Gasteiger charge is -2.30. The molecule has 1 heterocycles. The Labute approximate surface area is 182 Å². The first-order valence-electron chi connectivity index (χ1n) is 9.01. The van der Waals surface area contributed by atoms with Crippen molar-refractivity contribution in [3.05, 3.63) is 99.9 Å². The summed E-state index contributed by atoms with van der Waals surface area (Å²) in [7, 11) is -0.680. The number of fused-ring (bicyclic) bond motifs is 3. The van der Waals surface area contributed by atoms with E-state index < -0.39 is 8.07 Å². The van der Waals surface area contributed by atoms with Gasteiger partial charge in [-0.3, -0.25) is 0 Å². The molecule has 136 valence electrons. The molecular formula is C24H16Br2NP. The average Bonchev–Trinajstić information content (AvgIpc) is 2.73. The van der Waals surface area contributed by atoms with E-state index in [2.05, 4.69) is 128 Å². The lowest BCUT2D eigenvalue weighted by Crippen LogP contribution is -2.23. The molecule has 1 aliphatic heterocycles. The fourth-order valence-corrected chi connectivity index (χ4v) is 6.58. The molecule has 0 saturated heterocycles. The first-order valence-corrected chi connectivity index (χ1v) is 11.9. The Hall–Kier alpha value is -1.93. The number of benzene rings is 4. The Morgan fingerprint density at radius 1 is 0.607 bits per heavy atom. The van der Waals surface area contributed by atoms with Crippen LogP contribution < -0.4 is 15.7 Å². The van der Waals surface area contributed by atoms with Crippen LogP contribution in [-0.4, -0.2) is 0 Å². The van der Waals surface area contributed by atoms with E-state index in [0.29, 0.717) is 0 Å². The Morgan fingerprint density at radius 3 is 2.00 bits per heavy atom. The SMILES string of the molecule is Brc1ccc2c(c1)NP(c1ccc(-c3ccccc3)cc1)c1cc(Br)ccc1-2. The summed E-state index contributed by atoms with van der Waals surface area (Å²) < 4.78 is 2.20. The van der Waals surface area contributed by atoms with E-state index >= 15 is 0 Å². The summed E-state index contributed by atoms with van der Waals surface area (Å²) >= 11 is 7.27. The van der Waals surface area contributed by atoms with Crippen LogP contribution in [0.15, 0.2) is 99.9 Å². The van der Waals surface area contributed by atoms with Crippen molar-refractivity contribution in [2.45, 2.75) is 0 Å². The molecule has 1 aliphatic rings. The maximum atomic E-state index is 3.81. The van der Waals surface area contributed by atoms with E-state index in [9.17, 15) is 0 Å². The standard InChI is InChI=1S/C24H16Br2NP/c25-18-8-12-21-22-13-9-19(26)15-24(22)28(27-23(21)14-18)20-10-6-17(7-11-20)16-4-2-1-3-5-16/h1-15,27H. The number of rotatable bonds is 2. The van der Waals surface area contributed by atoms with E-state index in [1.807, 2.05) is 0 Å². The average molecular weight is 509 g/mol. The highest BCUT2D eigenvalue weighted by Gasteiger charge is 2.26. The summed E-state index contributed by atoms with van der Waals surface area (Å²) in [5, 5.41) is 6.48. The second kappa shape index (κ2) is 7.48. The van der Waals surface area contributed by atoms with Gasteiger partial charge in [0.25, 0.3) is 0 Å². The third-order valence-corrected chi connectivity index (χ3v) is 8.05. The zero-order valence-electron chi connectivity index (χ0n) is 14.9. The van der Waals surface area contributed by atoms with Crippen molar-refractivity contribution in [3.63, 3.8) is 0 Å². The molecule has 0 radical (unpaired) electrons. The topological polar surface area (TPSA) is 12.0 Å². The van der Waals surface area contributed by atoms with Crippen molar-refractivity contribution in [3.8, 4) is 22.3 Å². The Bertz CT molecular complexity index is 1160. The van der Waals surface area contributed by atoms with Crippen LogP contribution in [0.5, 0.6) is 0 Å². The molecule has 4 heteroatoms. The van der Waals surface area contributed by atoms with Crippen molar-refractivity contribution in [1.29, 1.82) is 0 Å². The minimum absolute atomic E-state index is 0.680. The molecule has 0 saturated carbocycles. The van der Waals surface area contributed by atoms with E-state index in [-0.39, 0.29) is 0 Å². The molecule has 0 aliphatic carbocycles. The lowest BCUT2D eigenvalue weighted by molar-refractivity contribution is 1.56. The monoisotopic (exact) mass is 507 g/mol. The quantitative estimate of drug-likeness (QED) is 0.280. The smallest absolute Gasteiger partial charge is 0.0529 e. The molecule has 1 N–H and O–H groups in total. The fourth-order valence-electron chi connectivity index (χ4n) is 3.58. The third kappa shape index (κ3) is 3.33. The van der Waals surface area contributed by atoms with Gasteiger partial charge in [0.15, 0.2) is 0 Å². The van der Waals surface area contributed by atoms with Gasteiger partial charge in [-0.15, -0.1) is 0 Å². The highest BCUT2D eigenvalue weighted by Crippen LogP contribution is 2.47. The van der Waals surface area contributed by atoms with Gasteiger partial charge in [-0.25, -0.2) is 0 Å². The highest BCUT2D eigenvalue weighted by molar-refractivity contribution is 9.10. The van der Waals surface area contributed by atoms with Crippen LogP contribution in [0.2, 0.25) is 0 Å². The minimum atomic E-state index is -0.680. The maximum absolute atomic E-state index is 3.81. The summed E-state index contributed by atoms with van der Waals surface area (Å²) in [5.41, 5.74) is 6.24. The predicted octanol–water partition coefficient (Wildman–Crippen LogP) is 7.32. The van der Waals surface area contributed by atoms with Gasteiger partial charge >= 0.3 is 0 Å². The number of anilines is 1. The summed E-state index contributed by atoms with van der Waals surface area (Å²) in [6.45, 7) is 0. The highest BCUT2D eigenvalue weighted by atomic mass is 79.9. The third-order valence-electron chi connectivity index (χ3n) is 4.94. The van der Waals surface area contributed by atoms with Gasteiger partial charge < -0.3 is 5.09 Å². The molecule has 1 unspecified atom stereocenters. The molecule has 5 rings (SSSR count). The van der Waals surface area contributed by atoms with Crippen molar-refractivity contribution >= 4 is 56.2 Å². The van der Waals surface area contributed by atoms with Crippen LogP contribution >= 0.6 is 39.9 Å². The molecule has 4 aromatic rings. The fraction of sp³-hybridized carbons (Fsp3) is 0. The Balaban J connectivity index is 1.60. The van der Waals surface area contributed by atoms with E-state index in [1.165, 1.54) is 38.6 Å². The molecule has 0 amide bonds. The van der Waals surface area contributed by atoms with Crippen molar-refractivity contribution in [1.82, 2.24) is 0 Å². The molecule has 28 heavy (non-hydrogen) atoms. The zero-order valence-corrected chi connectivity index (χ0v) is 18.9. The van der Waals surface area contributed by atoms with Gasteiger partial charge in [-0.05, 0) is 41.0 Å². The predicted molar refractivity (Wildman–Crippen MR) is 129 cm³/mol. The van der Waals surface area contributed by atoms with E-state index in [4.69, 9.17) is 0 Å². The Kier molecular flexibility index (Phi) is 4.84. The molecule has 1 atom stereocenters. The van der Waals surface area contributed by atoms with E-state index in [0.717, 1.165) is 8.95 Å². The van der Waals surface area contributed by atoms with Crippen LogP contribution in [0, 0.1) is 0 Å². The number of hydrogen-bond acceptors (Lipinski definition) is 1. The summed E-state index contributed by atoms with van der Waals surface area (Å²) in [5.74, 6) is 0. The second-order valence-corrected chi connectivity index (χ2v) is 10.4. The van der Waals surface area contributed by atoms with E-state index in [1.54, 1.807) is 0 Å². The molecule has 4 aromatic carbocycles. The first kappa shape index (κ1) is 18.1. The summed E-state index contributed by atoms with van der Waals surface area (Å²) in [4.78, 5) is 0. The molecule has 0 fully saturated rings. The van der Waals surface area contributed by atoms with Crippen LogP contribution in [0.4, 0.5) is 5.69 Å². The van der Waals surface area contributed by atoms with Gasteiger partial charge in [0.05, 0.1) is 8.07 Å². The summed E-state index contributed by atoms with van der Waals surface area (Å²) in [6, 6.07) is 32.6. The molecular weight excluding hydrogens is 493 g/mol. The minimum Gasteiger partial charge on any atom is -0.356 e. The Morgan fingerprint density at radius 2 is 1.25 bits per heavy atom. The van der Waals surface area contributed by atoms with Crippen LogP contribution in [0.25, 0.3) is 22.3 Å². The van der Waals surface area contributed by atoms with Crippen LogP contribution in [0.1, 0.15) is 0 Å². The largest absolute Gasteiger partial charge is 0.356 e. The maximum Gasteiger partial charge on any atom is 0.0529 e. The second-order valence-electron chi connectivity index (χ2n) is 6.71. The lowest BCUT2D eigenvalue weighted by atomic mass is 10.0. The number of hydrogen-bond donors (Lipinski definition) is 1. The first-order chi connectivity index (χ1) is 13.7. The van der Waals surface area contributed by atoms with Crippen LogP contribution in [-0.2, 0) is 0 Å². The molecule has 0 bridgehead atoms. The zero-order chi connectivity index (χ0) is 19.1. The molecule has 0 spiro atoms. The van der Waals surface area contributed by atoms with Crippen molar-refractivity contribution in [2.75, 3.05) is 5.09 Å². The van der Waals surface area contributed by atoms with Crippen molar-refractivity contribution < 1.29 is 0 Å². The normalized spacial score (nSPS) is 14.7. The van der Waals surface area contributed by atoms with Gasteiger partial charge in [0.1, 0.15) is 0 Å². The van der Waals surface area contributed by atoms with Gasteiger partial charge in [-0.2, -0.15) is 0 Å². The van der Waals surface area contributed by atoms with Crippen LogP contribution in [0.3, 0.4) is 0 Å². The molecule has 0 aromatic heterocycles. The van der Waals surface area contributed by atoms with Gasteiger partial charge in [0, 0.05) is 30.8 Å².